The Balaban J connectivity index is 1.65. The third-order valence-corrected chi connectivity index (χ3v) is 10.1. The zero-order chi connectivity index (χ0) is 28.6. The van der Waals surface area contributed by atoms with Crippen LogP contribution < -0.4 is 0 Å². The summed E-state index contributed by atoms with van der Waals surface area (Å²) in [5.74, 6) is -0.0914. The predicted molar refractivity (Wildman–Crippen MR) is 166 cm³/mol. The third kappa shape index (κ3) is 3.83. The first-order chi connectivity index (χ1) is 19.8. The van der Waals surface area contributed by atoms with Crippen molar-refractivity contribution in [3.05, 3.63) is 68.8 Å². The Labute approximate surface area is 242 Å². The van der Waals surface area contributed by atoms with Gasteiger partial charge in [-0.1, -0.05) is 34.1 Å². The molecular formula is C35H42N4O2. The van der Waals surface area contributed by atoms with Crippen molar-refractivity contribution in [2.45, 2.75) is 98.2 Å². The summed E-state index contributed by atoms with van der Waals surface area (Å²) in [7, 11) is 0. The van der Waals surface area contributed by atoms with E-state index in [0.29, 0.717) is 31.5 Å². The fraction of sp³-hybridized carbons (Fsp3) is 0.486. The number of H-pyrrole nitrogens is 2. The third-order valence-electron chi connectivity index (χ3n) is 10.1. The highest BCUT2D eigenvalue weighted by Crippen LogP contribution is 2.53. The molecule has 1 saturated heterocycles. The van der Waals surface area contributed by atoms with Crippen molar-refractivity contribution >= 4 is 33.2 Å². The molecule has 0 saturated carbocycles. The quantitative estimate of drug-likeness (QED) is 0.345. The lowest BCUT2D eigenvalue weighted by Crippen LogP contribution is -2.30. The lowest BCUT2D eigenvalue weighted by molar-refractivity contribution is -0.100. The van der Waals surface area contributed by atoms with Crippen molar-refractivity contribution in [1.29, 1.82) is 0 Å². The van der Waals surface area contributed by atoms with Crippen molar-refractivity contribution < 1.29 is 9.47 Å². The fourth-order valence-corrected chi connectivity index (χ4v) is 7.86. The predicted octanol–water partition coefficient (Wildman–Crippen LogP) is 7.97. The molecule has 6 heterocycles. The van der Waals surface area contributed by atoms with Gasteiger partial charge in [-0.05, 0) is 86.1 Å². The molecule has 0 aromatic carbocycles. The second-order valence-electron chi connectivity index (χ2n) is 12.3. The van der Waals surface area contributed by atoms with Gasteiger partial charge in [-0.3, -0.25) is 4.98 Å². The van der Waals surface area contributed by atoms with E-state index in [2.05, 4.69) is 76.6 Å². The number of hydrogen-bond donors (Lipinski definition) is 2. The largest absolute Gasteiger partial charge is 0.355 e. The number of aryl methyl sites for hydroxylation is 4. The second kappa shape index (κ2) is 9.67. The Morgan fingerprint density at radius 2 is 1.49 bits per heavy atom. The topological polar surface area (TPSA) is 75.8 Å². The van der Waals surface area contributed by atoms with E-state index in [0.717, 1.165) is 70.5 Å². The van der Waals surface area contributed by atoms with Gasteiger partial charge in [0.05, 0.1) is 24.6 Å². The highest BCUT2D eigenvalue weighted by atomic mass is 16.7. The molecule has 41 heavy (non-hydrogen) atoms. The van der Waals surface area contributed by atoms with E-state index in [1.807, 2.05) is 0 Å². The summed E-state index contributed by atoms with van der Waals surface area (Å²) in [5, 5.41) is 0. The number of hydrogen-bond acceptors (Lipinski definition) is 4. The van der Waals surface area contributed by atoms with Crippen LogP contribution in [0.5, 0.6) is 0 Å². The molecule has 3 aliphatic heterocycles. The fourth-order valence-electron chi connectivity index (χ4n) is 7.86. The summed E-state index contributed by atoms with van der Waals surface area (Å²) in [6, 6.07) is 6.84. The Morgan fingerprint density at radius 1 is 0.854 bits per heavy atom. The number of allylic oxidation sites excluding steroid dienone is 1. The van der Waals surface area contributed by atoms with Crippen LogP contribution >= 0.6 is 0 Å². The van der Waals surface area contributed by atoms with E-state index in [-0.39, 0.29) is 0 Å². The highest BCUT2D eigenvalue weighted by Gasteiger charge is 2.52. The van der Waals surface area contributed by atoms with Crippen molar-refractivity contribution in [3.63, 3.8) is 0 Å². The first-order valence-electron chi connectivity index (χ1n) is 15.5. The Kier molecular flexibility index (Phi) is 6.29. The van der Waals surface area contributed by atoms with Gasteiger partial charge in [0.25, 0.3) is 0 Å². The van der Waals surface area contributed by atoms with Gasteiger partial charge in [-0.2, -0.15) is 0 Å². The normalized spacial score (nSPS) is 21.0. The molecule has 0 unspecified atom stereocenters. The lowest BCUT2D eigenvalue weighted by atomic mass is 9.86. The molecule has 6 heteroatoms. The standard InChI is InChI=1S/C35H42N4O2/c1-8-11-24-20(6)28-14-26-18(4)22(9-2)30(36-26)15-27-19(5)23(10-3)31(37-27)16-29-21(7)32-34(39-29)25(33(24)38-28)17-35(32)40-12-13-41-35/h14-16,20,24,36-37H,8-13,17H2,1-7H3/t20-,24-/m0/s1. The molecule has 8 bridgehead atoms. The molecule has 0 radical (unpaired) electrons. The van der Waals surface area contributed by atoms with E-state index in [1.54, 1.807) is 0 Å². The monoisotopic (exact) mass is 550 g/mol. The van der Waals surface area contributed by atoms with E-state index in [9.17, 15) is 0 Å². The zero-order valence-electron chi connectivity index (χ0n) is 25.5. The first-order valence-corrected chi connectivity index (χ1v) is 15.5. The van der Waals surface area contributed by atoms with Crippen LogP contribution in [-0.2, 0) is 28.7 Å². The molecule has 3 aromatic rings. The van der Waals surface area contributed by atoms with Crippen LogP contribution in [0.15, 0.2) is 18.2 Å². The van der Waals surface area contributed by atoms with Crippen LogP contribution in [0.3, 0.4) is 0 Å². The number of aromatic nitrogens is 4. The molecule has 6 nitrogen and oxygen atoms in total. The van der Waals surface area contributed by atoms with Crippen LogP contribution in [0.4, 0.5) is 0 Å². The van der Waals surface area contributed by atoms with Gasteiger partial charge < -0.3 is 19.4 Å². The van der Waals surface area contributed by atoms with Crippen molar-refractivity contribution in [2.24, 2.45) is 0 Å². The van der Waals surface area contributed by atoms with Gasteiger partial charge in [0.1, 0.15) is 0 Å². The van der Waals surface area contributed by atoms with Crippen molar-refractivity contribution in [2.75, 3.05) is 13.2 Å². The van der Waals surface area contributed by atoms with Crippen LogP contribution in [0.1, 0.15) is 110 Å². The van der Waals surface area contributed by atoms with E-state index in [1.165, 1.54) is 39.0 Å². The Bertz CT molecular complexity index is 1770. The molecular weight excluding hydrogens is 508 g/mol. The molecule has 2 atom stereocenters. The van der Waals surface area contributed by atoms with Gasteiger partial charge in [-0.25, -0.2) is 4.98 Å². The smallest absolute Gasteiger partial charge is 0.201 e. The zero-order valence-corrected chi connectivity index (χ0v) is 25.5. The SMILES string of the molecule is CCC[C@@H]1c2nc(cc3[nH]c(cc4[nH]c(cc5nc6c2CC2(OCCO2)C6=C5C)c(CC)c4C)c(CC)c3C)[C@H]1C. The number of nitrogens with one attached hydrogen (secondary N) is 2. The number of fused-ring (bicyclic) bond motifs is 9. The molecule has 7 rings (SSSR count). The van der Waals surface area contributed by atoms with E-state index in [4.69, 9.17) is 19.4 Å². The Morgan fingerprint density at radius 3 is 2.12 bits per heavy atom. The number of ether oxygens (including phenoxy) is 2. The highest BCUT2D eigenvalue weighted by molar-refractivity contribution is 5.98. The second-order valence-corrected chi connectivity index (χ2v) is 12.3. The van der Waals surface area contributed by atoms with Crippen LogP contribution in [0.2, 0.25) is 0 Å². The molecule has 1 fully saturated rings. The van der Waals surface area contributed by atoms with Crippen LogP contribution in [0.25, 0.3) is 33.2 Å². The van der Waals surface area contributed by atoms with E-state index >= 15 is 0 Å². The molecule has 1 aliphatic carbocycles. The minimum Gasteiger partial charge on any atom is -0.355 e. The van der Waals surface area contributed by atoms with Gasteiger partial charge in [0.2, 0.25) is 5.79 Å². The number of aromatic amines is 2. The summed E-state index contributed by atoms with van der Waals surface area (Å²) in [6.07, 6.45) is 4.81. The summed E-state index contributed by atoms with van der Waals surface area (Å²) in [4.78, 5) is 18.3. The van der Waals surface area contributed by atoms with Crippen LogP contribution in [0, 0.1) is 13.8 Å². The summed E-state index contributed by atoms with van der Waals surface area (Å²) in [5.41, 5.74) is 17.7. The maximum absolute atomic E-state index is 6.43. The van der Waals surface area contributed by atoms with Crippen molar-refractivity contribution in [1.82, 2.24) is 19.9 Å². The molecule has 0 amide bonds. The average molecular weight is 551 g/mol. The summed E-state index contributed by atoms with van der Waals surface area (Å²) < 4.78 is 12.9. The van der Waals surface area contributed by atoms with Gasteiger partial charge >= 0.3 is 0 Å². The maximum atomic E-state index is 6.43. The molecule has 2 N–H and O–H groups in total. The number of rotatable bonds is 4. The molecule has 4 aliphatic rings. The minimum atomic E-state index is -0.757. The minimum absolute atomic E-state index is 0.320. The molecule has 214 valence electrons. The first kappa shape index (κ1) is 26.7. The van der Waals surface area contributed by atoms with Gasteiger partial charge in [0, 0.05) is 62.8 Å². The summed E-state index contributed by atoms with van der Waals surface area (Å²) in [6.45, 7) is 17.0. The molecule has 3 aromatic heterocycles. The van der Waals surface area contributed by atoms with Gasteiger partial charge in [-0.15, -0.1) is 0 Å². The number of nitrogens with zero attached hydrogens (tertiary/aromatic N) is 2. The van der Waals surface area contributed by atoms with Crippen LogP contribution in [-0.4, -0.2) is 38.9 Å². The maximum Gasteiger partial charge on any atom is 0.201 e. The van der Waals surface area contributed by atoms with E-state index < -0.39 is 5.79 Å². The average Bonchev–Trinajstić information content (AvgIpc) is 3.77. The summed E-state index contributed by atoms with van der Waals surface area (Å²) >= 11 is 0. The van der Waals surface area contributed by atoms with Gasteiger partial charge in [0.15, 0.2) is 0 Å². The molecule has 1 spiro atoms. The lowest BCUT2D eigenvalue weighted by Gasteiger charge is -2.24. The Hall–Kier alpha value is -3.22. The van der Waals surface area contributed by atoms with Crippen molar-refractivity contribution in [3.8, 4) is 0 Å².